The predicted molar refractivity (Wildman–Crippen MR) is 89.0 cm³/mol. The number of aryl methyl sites for hydroxylation is 1. The molecule has 0 atom stereocenters. The molecule has 2 aromatic rings. The van der Waals surface area contributed by atoms with E-state index in [0.717, 1.165) is 26.8 Å². The first-order chi connectivity index (χ1) is 10.6. The van der Waals surface area contributed by atoms with Gasteiger partial charge in [0.15, 0.2) is 0 Å². The lowest BCUT2D eigenvalue weighted by Gasteiger charge is -2.21. The van der Waals surface area contributed by atoms with Gasteiger partial charge in [-0.15, -0.1) is 23.1 Å². The number of carbonyl (C=O) groups is 1. The molecular weight excluding hydrogens is 323 g/mol. The normalized spacial score (nSPS) is 10.5. The highest BCUT2D eigenvalue weighted by Crippen LogP contribution is 2.36. The van der Waals surface area contributed by atoms with Gasteiger partial charge < -0.3 is 0 Å². The van der Waals surface area contributed by atoms with E-state index in [1.807, 2.05) is 24.5 Å². The van der Waals surface area contributed by atoms with Crippen molar-refractivity contribution >= 4 is 34.8 Å². The van der Waals surface area contributed by atoms with Crippen LogP contribution in [0.2, 0.25) is 0 Å². The summed E-state index contributed by atoms with van der Waals surface area (Å²) in [5.41, 5.74) is 3.65. The predicted octanol–water partition coefficient (Wildman–Crippen LogP) is 3.01. The number of nitrogens with zero attached hydrogens (tertiary/aromatic N) is 1. The molecule has 0 unspecified atom stereocenters. The molecule has 0 saturated carbocycles. The maximum atomic E-state index is 13.1. The first-order valence-corrected chi connectivity index (χ1v) is 8.46. The monoisotopic (exact) mass is 340 g/mol. The van der Waals surface area contributed by atoms with Crippen LogP contribution in [0.4, 0.5) is 14.9 Å². The molecule has 1 heterocycles. The van der Waals surface area contributed by atoms with Crippen LogP contribution in [0.5, 0.6) is 0 Å². The van der Waals surface area contributed by atoms with Crippen LogP contribution in [-0.4, -0.2) is 6.03 Å². The molecule has 0 fully saturated rings. The Kier molecular flexibility index (Phi) is 5.78. The number of thiophene rings is 1. The maximum absolute atomic E-state index is 13.1. The first-order valence-electron chi connectivity index (χ1n) is 6.59. The Hall–Kier alpha value is -1.61. The van der Waals surface area contributed by atoms with E-state index in [-0.39, 0.29) is 5.82 Å². The number of anilines is 1. The van der Waals surface area contributed by atoms with E-state index < -0.39 is 6.03 Å². The zero-order valence-electron chi connectivity index (χ0n) is 12.0. The highest BCUT2D eigenvalue weighted by atomic mass is 32.2. The second kappa shape index (κ2) is 7.59. The van der Waals surface area contributed by atoms with Gasteiger partial charge in [0.1, 0.15) is 5.82 Å². The van der Waals surface area contributed by atoms with Crippen LogP contribution < -0.4 is 22.1 Å². The Morgan fingerprint density at radius 1 is 1.50 bits per heavy atom. The Morgan fingerprint density at radius 2 is 2.27 bits per heavy atom. The van der Waals surface area contributed by atoms with Gasteiger partial charge in [-0.25, -0.2) is 25.9 Å². The van der Waals surface area contributed by atoms with E-state index in [0.29, 0.717) is 11.4 Å². The number of rotatable bonds is 5. The third kappa shape index (κ3) is 3.77. The van der Waals surface area contributed by atoms with Crippen LogP contribution in [-0.2, 0) is 12.2 Å². The number of nitrogens with one attached hydrogen (secondary N) is 1. The third-order valence-corrected chi connectivity index (χ3v) is 5.35. The lowest BCUT2D eigenvalue weighted by atomic mass is 10.1. The van der Waals surface area contributed by atoms with E-state index >= 15 is 0 Å². The van der Waals surface area contributed by atoms with E-state index in [4.69, 9.17) is 11.7 Å². The van der Waals surface area contributed by atoms with Crippen molar-refractivity contribution in [2.75, 3.05) is 5.01 Å². The molecule has 0 spiro atoms. The Bertz CT molecular complexity index is 662. The smallest absolute Gasteiger partial charge is 0.274 e. The Balaban J connectivity index is 2.28. The number of hydrazine groups is 2. The zero-order valence-corrected chi connectivity index (χ0v) is 13.6. The Morgan fingerprint density at radius 3 is 2.86 bits per heavy atom. The fraction of sp³-hybridized carbons (Fsp3) is 0.214. The second-order valence-corrected chi connectivity index (χ2v) is 6.44. The highest BCUT2D eigenvalue weighted by Gasteiger charge is 2.17. The van der Waals surface area contributed by atoms with Crippen LogP contribution in [0.15, 0.2) is 34.5 Å². The molecule has 2 amide bonds. The minimum atomic E-state index is -0.600. The summed E-state index contributed by atoms with van der Waals surface area (Å²) in [5.74, 6) is 11.3. The van der Waals surface area contributed by atoms with Gasteiger partial charge in [0, 0.05) is 20.9 Å². The number of hydrogen-bond donors (Lipinski definition) is 3. The molecule has 5 nitrogen and oxygen atoms in total. The fourth-order valence-corrected chi connectivity index (χ4v) is 4.00. The summed E-state index contributed by atoms with van der Waals surface area (Å²) >= 11 is 2.89. The average Bonchev–Trinajstić information content (AvgIpc) is 2.96. The minimum Gasteiger partial charge on any atom is -0.274 e. The molecule has 1 aromatic heterocycles. The van der Waals surface area contributed by atoms with Crippen molar-refractivity contribution in [3.63, 3.8) is 0 Å². The highest BCUT2D eigenvalue weighted by molar-refractivity contribution is 7.98. The number of benzene rings is 1. The van der Waals surface area contributed by atoms with Crippen LogP contribution >= 0.6 is 23.1 Å². The average molecular weight is 340 g/mol. The van der Waals surface area contributed by atoms with Crippen LogP contribution in [0.1, 0.15) is 17.4 Å². The fourth-order valence-electron chi connectivity index (χ4n) is 1.96. The van der Waals surface area contributed by atoms with Crippen LogP contribution in [0.25, 0.3) is 0 Å². The molecule has 5 N–H and O–H groups in total. The van der Waals surface area contributed by atoms with Crippen molar-refractivity contribution in [3.8, 4) is 0 Å². The van der Waals surface area contributed by atoms with Crippen molar-refractivity contribution in [2.24, 2.45) is 11.7 Å². The molecule has 1 aromatic carbocycles. The van der Waals surface area contributed by atoms with E-state index in [9.17, 15) is 9.18 Å². The number of thioether (sulfide) groups is 1. The summed E-state index contributed by atoms with van der Waals surface area (Å²) in [4.78, 5) is 13.5. The van der Waals surface area contributed by atoms with Crippen molar-refractivity contribution in [1.82, 2.24) is 5.43 Å². The molecule has 118 valence electrons. The lowest BCUT2D eigenvalue weighted by molar-refractivity contribution is 0.246. The summed E-state index contributed by atoms with van der Waals surface area (Å²) in [7, 11) is 0. The molecule has 0 radical (unpaired) electrons. The Labute approximate surface area is 136 Å². The van der Waals surface area contributed by atoms with E-state index in [1.165, 1.54) is 34.5 Å². The molecule has 8 heteroatoms. The van der Waals surface area contributed by atoms with Gasteiger partial charge in [-0.3, -0.25) is 5.43 Å². The third-order valence-electron chi connectivity index (χ3n) is 3.04. The standard InChI is InChI=1S/C14H17FN4OS2/c1-2-9-4-3-5-12(19(17)14(20)18-16)13(9)22-8-11-6-10(15)7-21-11/h3-7H,2,8,16-17H2,1H3,(H,18,20). The number of halogens is 1. The van der Waals surface area contributed by atoms with Crippen LogP contribution in [0.3, 0.4) is 0 Å². The van der Waals surface area contributed by atoms with Gasteiger partial charge in [-0.2, -0.15) is 0 Å². The largest absolute Gasteiger partial charge is 0.350 e. The van der Waals surface area contributed by atoms with Gasteiger partial charge in [-0.1, -0.05) is 19.1 Å². The lowest BCUT2D eigenvalue weighted by Crippen LogP contribution is -2.47. The van der Waals surface area contributed by atoms with Gasteiger partial charge in [-0.05, 0) is 24.1 Å². The molecular formula is C14H17FN4OS2. The summed E-state index contributed by atoms with van der Waals surface area (Å²) < 4.78 is 13.1. The van der Waals surface area contributed by atoms with Crippen molar-refractivity contribution in [3.05, 3.63) is 45.9 Å². The van der Waals surface area contributed by atoms with Crippen molar-refractivity contribution in [2.45, 2.75) is 24.0 Å². The van der Waals surface area contributed by atoms with E-state index in [1.54, 1.807) is 6.07 Å². The van der Waals surface area contributed by atoms with Crippen molar-refractivity contribution < 1.29 is 9.18 Å². The molecule has 0 aliphatic heterocycles. The molecule has 0 aliphatic carbocycles. The molecule has 0 bridgehead atoms. The number of carbonyl (C=O) groups excluding carboxylic acids is 1. The first kappa shape index (κ1) is 16.8. The molecule has 0 saturated heterocycles. The second-order valence-electron chi connectivity index (χ2n) is 4.46. The number of hydrogen-bond acceptors (Lipinski definition) is 5. The number of nitrogens with two attached hydrogens (primary N) is 2. The summed E-state index contributed by atoms with van der Waals surface area (Å²) in [6, 6.07) is 6.49. The quantitative estimate of drug-likeness (QED) is 0.338. The SMILES string of the molecule is CCc1cccc(N(N)C(=O)NN)c1SCc1cc(F)cs1. The number of amides is 2. The maximum Gasteiger partial charge on any atom is 0.350 e. The number of urea groups is 1. The van der Waals surface area contributed by atoms with E-state index in [2.05, 4.69) is 0 Å². The summed E-state index contributed by atoms with van der Waals surface area (Å²) in [6.07, 6.45) is 0.799. The summed E-state index contributed by atoms with van der Waals surface area (Å²) in [6.45, 7) is 2.03. The van der Waals surface area contributed by atoms with Crippen LogP contribution in [0, 0.1) is 5.82 Å². The molecule has 0 aliphatic rings. The summed E-state index contributed by atoms with van der Waals surface area (Å²) in [5, 5.41) is 2.45. The van der Waals surface area contributed by atoms with Gasteiger partial charge in [0.05, 0.1) is 5.69 Å². The molecule has 2 rings (SSSR count). The molecule has 22 heavy (non-hydrogen) atoms. The minimum absolute atomic E-state index is 0.229. The van der Waals surface area contributed by atoms with Gasteiger partial charge in [0.25, 0.3) is 0 Å². The van der Waals surface area contributed by atoms with Crippen molar-refractivity contribution in [1.29, 1.82) is 0 Å². The van der Waals surface area contributed by atoms with Gasteiger partial charge in [0.2, 0.25) is 0 Å². The zero-order chi connectivity index (χ0) is 16.1. The van der Waals surface area contributed by atoms with Gasteiger partial charge >= 0.3 is 6.03 Å². The topological polar surface area (TPSA) is 84.4 Å².